The molecule has 0 heterocycles. The van der Waals surface area contributed by atoms with Gasteiger partial charge in [0.05, 0.1) is 12.7 Å². The maximum Gasteiger partial charge on any atom is 0.250 e. The molecule has 0 bridgehead atoms. The van der Waals surface area contributed by atoms with Crippen LogP contribution in [0.2, 0.25) is 0 Å². The first-order valence-electron chi connectivity index (χ1n) is 8.78. The normalized spacial score (nSPS) is 25.6. The van der Waals surface area contributed by atoms with E-state index in [2.05, 4.69) is 25.7 Å². The van der Waals surface area contributed by atoms with Crippen LogP contribution in [0.15, 0.2) is 47.7 Å². The molecule has 3 N–H and O–H groups in total. The zero-order valence-corrected chi connectivity index (χ0v) is 15.0. The highest BCUT2D eigenvalue weighted by atomic mass is 16.5. The summed E-state index contributed by atoms with van der Waals surface area (Å²) in [6.07, 6.45) is 10.8. The molecular weight excluding hydrogens is 300 g/mol. The first-order chi connectivity index (χ1) is 11.4. The van der Waals surface area contributed by atoms with Crippen LogP contribution in [0.4, 0.5) is 0 Å². The Morgan fingerprint density at radius 3 is 2.83 bits per heavy atom. The number of hydrogen-bond acceptors (Lipinski definition) is 3. The van der Waals surface area contributed by atoms with Crippen molar-refractivity contribution >= 4 is 5.91 Å². The van der Waals surface area contributed by atoms with Crippen molar-refractivity contribution in [2.75, 3.05) is 6.61 Å². The summed E-state index contributed by atoms with van der Waals surface area (Å²) in [5, 5.41) is 3.03. The Morgan fingerprint density at radius 1 is 1.50 bits per heavy atom. The Labute approximate surface area is 145 Å². The summed E-state index contributed by atoms with van der Waals surface area (Å²) in [6, 6.07) is -0.119. The number of hydrogen-bond donors (Lipinski definition) is 2. The van der Waals surface area contributed by atoms with Crippen LogP contribution in [0.3, 0.4) is 0 Å². The molecule has 0 radical (unpaired) electrons. The van der Waals surface area contributed by atoms with Crippen LogP contribution in [0.25, 0.3) is 0 Å². The van der Waals surface area contributed by atoms with Gasteiger partial charge in [-0.2, -0.15) is 0 Å². The summed E-state index contributed by atoms with van der Waals surface area (Å²) in [5.41, 5.74) is 8.59. The van der Waals surface area contributed by atoms with Gasteiger partial charge in [0.25, 0.3) is 5.91 Å². The predicted molar refractivity (Wildman–Crippen MR) is 98.2 cm³/mol. The van der Waals surface area contributed by atoms with E-state index in [1.54, 1.807) is 13.0 Å². The van der Waals surface area contributed by atoms with Crippen molar-refractivity contribution < 1.29 is 9.53 Å². The molecule has 4 heteroatoms. The highest BCUT2D eigenvalue weighted by molar-refractivity contribution is 5.94. The van der Waals surface area contributed by atoms with E-state index in [4.69, 9.17) is 10.5 Å². The topological polar surface area (TPSA) is 64.4 Å². The van der Waals surface area contributed by atoms with Gasteiger partial charge in [0.15, 0.2) is 0 Å². The third kappa shape index (κ3) is 5.18. The Kier molecular flexibility index (Phi) is 6.58. The molecule has 2 aliphatic carbocycles. The van der Waals surface area contributed by atoms with Crippen molar-refractivity contribution in [1.29, 1.82) is 0 Å². The van der Waals surface area contributed by atoms with Crippen LogP contribution < -0.4 is 11.1 Å². The fraction of sp³-hybridized carbons (Fsp3) is 0.550. The molecule has 0 aromatic heterocycles. The van der Waals surface area contributed by atoms with Gasteiger partial charge >= 0.3 is 0 Å². The third-order valence-corrected chi connectivity index (χ3v) is 4.74. The van der Waals surface area contributed by atoms with Crippen molar-refractivity contribution in [3.63, 3.8) is 0 Å². The lowest BCUT2D eigenvalue weighted by molar-refractivity contribution is -0.117. The second kappa shape index (κ2) is 8.45. The van der Waals surface area contributed by atoms with Crippen molar-refractivity contribution in [2.45, 2.75) is 52.2 Å². The van der Waals surface area contributed by atoms with Crippen LogP contribution in [0.1, 0.15) is 40.0 Å². The van der Waals surface area contributed by atoms with Crippen molar-refractivity contribution in [3.8, 4) is 0 Å². The van der Waals surface area contributed by atoms with E-state index in [9.17, 15) is 4.79 Å². The maximum absolute atomic E-state index is 12.4. The molecule has 2 aliphatic rings. The zero-order chi connectivity index (χ0) is 17.7. The standard InChI is InChI=1S/C20H30N2O2/c1-5-17(21)10-6-14(3)20(23)22-18-11-7-13(2)19(15(18)4)24-12-16-8-9-16/h5-7,11,15-17,19H,1,8-10,12,21H2,2-4H3,(H,22,23)/b14-6+. The Hall–Kier alpha value is -1.65. The van der Waals surface area contributed by atoms with Gasteiger partial charge < -0.3 is 15.8 Å². The monoisotopic (exact) mass is 330 g/mol. The highest BCUT2D eigenvalue weighted by Crippen LogP contribution is 2.32. The molecule has 0 spiro atoms. The number of ether oxygens (including phenoxy) is 1. The molecule has 132 valence electrons. The Morgan fingerprint density at radius 2 is 2.21 bits per heavy atom. The summed E-state index contributed by atoms with van der Waals surface area (Å²) < 4.78 is 6.09. The SMILES string of the molecule is C=CC(N)C/C=C(\C)C(=O)NC1=CC=C(C)C(OCC2CC2)C1C. The summed E-state index contributed by atoms with van der Waals surface area (Å²) >= 11 is 0. The molecule has 3 unspecified atom stereocenters. The van der Waals surface area contributed by atoms with Crippen LogP contribution in [-0.4, -0.2) is 24.7 Å². The second-order valence-corrected chi connectivity index (χ2v) is 7.00. The molecule has 2 rings (SSSR count). The third-order valence-electron chi connectivity index (χ3n) is 4.74. The number of amides is 1. The lowest BCUT2D eigenvalue weighted by Crippen LogP contribution is -2.36. The van der Waals surface area contributed by atoms with E-state index in [-0.39, 0.29) is 24.0 Å². The summed E-state index contributed by atoms with van der Waals surface area (Å²) in [4.78, 5) is 12.4. The largest absolute Gasteiger partial charge is 0.373 e. The van der Waals surface area contributed by atoms with Crippen LogP contribution in [-0.2, 0) is 9.53 Å². The van der Waals surface area contributed by atoms with Gasteiger partial charge in [-0.1, -0.05) is 25.2 Å². The Bertz CT molecular complexity index is 570. The van der Waals surface area contributed by atoms with Gasteiger partial charge in [-0.15, -0.1) is 6.58 Å². The van der Waals surface area contributed by atoms with Crippen molar-refractivity contribution in [2.24, 2.45) is 17.6 Å². The van der Waals surface area contributed by atoms with Gasteiger partial charge in [0.1, 0.15) is 0 Å². The smallest absolute Gasteiger partial charge is 0.250 e. The van der Waals surface area contributed by atoms with Crippen molar-refractivity contribution in [3.05, 3.63) is 47.7 Å². The van der Waals surface area contributed by atoms with Crippen LogP contribution >= 0.6 is 0 Å². The van der Waals surface area contributed by atoms with Gasteiger partial charge in [0, 0.05) is 23.2 Å². The number of allylic oxidation sites excluding steroid dienone is 2. The van der Waals surface area contributed by atoms with Crippen LogP contribution in [0.5, 0.6) is 0 Å². The van der Waals surface area contributed by atoms with Crippen LogP contribution in [0, 0.1) is 11.8 Å². The fourth-order valence-electron chi connectivity index (χ4n) is 2.71. The van der Waals surface area contributed by atoms with Gasteiger partial charge in [0.2, 0.25) is 0 Å². The van der Waals surface area contributed by atoms with E-state index in [1.807, 2.05) is 18.2 Å². The average molecular weight is 330 g/mol. The quantitative estimate of drug-likeness (QED) is 0.530. The molecular formula is C20H30N2O2. The molecule has 0 aromatic rings. The Balaban J connectivity index is 1.94. The van der Waals surface area contributed by atoms with E-state index in [0.717, 1.165) is 18.2 Å². The fourth-order valence-corrected chi connectivity index (χ4v) is 2.71. The van der Waals surface area contributed by atoms with Crippen molar-refractivity contribution in [1.82, 2.24) is 5.32 Å². The zero-order valence-electron chi connectivity index (χ0n) is 15.0. The van der Waals surface area contributed by atoms with E-state index in [1.165, 1.54) is 18.4 Å². The summed E-state index contributed by atoms with van der Waals surface area (Å²) in [6.45, 7) is 10.5. The minimum absolute atomic E-state index is 0.0457. The van der Waals surface area contributed by atoms with Gasteiger partial charge in [-0.05, 0) is 50.7 Å². The minimum atomic E-state index is -0.119. The lowest BCUT2D eigenvalue weighted by Gasteiger charge is -2.30. The van der Waals surface area contributed by atoms with Gasteiger partial charge in [-0.3, -0.25) is 4.79 Å². The lowest BCUT2D eigenvalue weighted by atomic mass is 9.90. The molecule has 1 saturated carbocycles. The molecule has 4 nitrogen and oxygen atoms in total. The number of carbonyl (C=O) groups is 1. The highest BCUT2D eigenvalue weighted by Gasteiger charge is 2.30. The number of nitrogens with two attached hydrogens (primary N) is 1. The number of rotatable bonds is 8. The second-order valence-electron chi connectivity index (χ2n) is 7.00. The first kappa shape index (κ1) is 18.7. The predicted octanol–water partition coefficient (Wildman–Crippen LogP) is 3.23. The molecule has 1 amide bonds. The molecule has 0 aliphatic heterocycles. The molecule has 1 fully saturated rings. The maximum atomic E-state index is 12.4. The molecule has 0 aromatic carbocycles. The first-order valence-corrected chi connectivity index (χ1v) is 8.78. The summed E-state index contributed by atoms with van der Waals surface area (Å²) in [5.74, 6) is 0.785. The molecule has 0 saturated heterocycles. The minimum Gasteiger partial charge on any atom is -0.373 e. The molecule has 24 heavy (non-hydrogen) atoms. The number of nitrogens with one attached hydrogen (secondary N) is 1. The van der Waals surface area contributed by atoms with E-state index >= 15 is 0 Å². The number of carbonyl (C=O) groups excluding carboxylic acids is 1. The summed E-state index contributed by atoms with van der Waals surface area (Å²) in [7, 11) is 0. The van der Waals surface area contributed by atoms with E-state index < -0.39 is 0 Å². The average Bonchev–Trinajstić information content (AvgIpc) is 3.38. The van der Waals surface area contributed by atoms with E-state index in [0.29, 0.717) is 12.0 Å². The molecule has 3 atom stereocenters. The van der Waals surface area contributed by atoms with Gasteiger partial charge in [-0.25, -0.2) is 0 Å².